The van der Waals surface area contributed by atoms with Crippen molar-refractivity contribution < 1.29 is 14.0 Å². The van der Waals surface area contributed by atoms with E-state index in [4.69, 9.17) is 0 Å². The van der Waals surface area contributed by atoms with Crippen LogP contribution in [0.25, 0.3) is 0 Å². The van der Waals surface area contributed by atoms with E-state index in [-0.39, 0.29) is 23.9 Å². The summed E-state index contributed by atoms with van der Waals surface area (Å²) in [6.45, 7) is 2.86. The highest BCUT2D eigenvalue weighted by molar-refractivity contribution is 5.95. The highest BCUT2D eigenvalue weighted by atomic mass is 16.4. The molecule has 1 aromatic rings. The van der Waals surface area contributed by atoms with Crippen LogP contribution < -0.4 is 10.9 Å². The number of carbonyl (C=O) groups excluding carboxylic acids is 2. The van der Waals surface area contributed by atoms with Crippen LogP contribution in [-0.4, -0.2) is 61.4 Å². The lowest BCUT2D eigenvalue weighted by Gasteiger charge is -2.29. The van der Waals surface area contributed by atoms with Crippen LogP contribution in [0.4, 0.5) is 0 Å². The summed E-state index contributed by atoms with van der Waals surface area (Å²) in [4.78, 5) is 38.0. The first-order valence-electron chi connectivity index (χ1n) is 6.41. The highest BCUT2D eigenvalue weighted by Crippen LogP contribution is 2.02. The third kappa shape index (κ3) is 3.45. The highest BCUT2D eigenvalue weighted by Gasteiger charge is 2.20. The number of piperazine rings is 1. The Morgan fingerprint density at radius 3 is 2.65 bits per heavy atom. The number of hydrogen-bond donors (Lipinski definition) is 1. The van der Waals surface area contributed by atoms with Crippen LogP contribution in [0.3, 0.4) is 0 Å². The van der Waals surface area contributed by atoms with E-state index in [0.29, 0.717) is 13.1 Å². The molecule has 1 N–H and O–H groups in total. The molecule has 1 aliphatic heterocycles. The van der Waals surface area contributed by atoms with E-state index >= 15 is 0 Å². The van der Waals surface area contributed by atoms with Gasteiger partial charge in [-0.25, -0.2) is 4.79 Å². The van der Waals surface area contributed by atoms with Gasteiger partial charge in [0.25, 0.3) is 5.91 Å². The summed E-state index contributed by atoms with van der Waals surface area (Å²) in [6, 6.07) is 2.57. The molecule has 1 fully saturated rings. The summed E-state index contributed by atoms with van der Waals surface area (Å²) < 4.78 is 4.64. The summed E-state index contributed by atoms with van der Waals surface area (Å²) in [5.74, 6) is -0.433. The molecule has 1 aromatic heterocycles. The second-order valence-corrected chi connectivity index (χ2v) is 4.64. The molecule has 0 unspecified atom stereocenters. The Labute approximate surface area is 116 Å². The Bertz CT molecular complexity index is 528. The maximum absolute atomic E-state index is 12.1. The normalized spacial score (nSPS) is 14.9. The largest absolute Gasteiger partial charge is 0.430 e. The van der Waals surface area contributed by atoms with Crippen LogP contribution in [0.5, 0.6) is 0 Å². The average molecular weight is 279 g/mol. The van der Waals surface area contributed by atoms with E-state index in [1.807, 2.05) is 0 Å². The lowest BCUT2D eigenvalue weighted by atomic mass is 10.2. The minimum Gasteiger partial charge on any atom is -0.430 e. The lowest BCUT2D eigenvalue weighted by molar-refractivity contribution is -0.132. The van der Waals surface area contributed by atoms with Gasteiger partial charge in [0.05, 0.1) is 12.1 Å². The fraction of sp³-hybridized carbons (Fsp3) is 0.462. The Morgan fingerprint density at radius 1 is 1.35 bits per heavy atom. The van der Waals surface area contributed by atoms with Crippen LogP contribution in [0.2, 0.25) is 0 Å². The Balaban J connectivity index is 1.95. The molecule has 2 heterocycles. The Hall–Kier alpha value is -2.15. The Morgan fingerprint density at radius 2 is 2.05 bits per heavy atom. The van der Waals surface area contributed by atoms with E-state index in [1.54, 1.807) is 11.9 Å². The SMILES string of the molecule is CN(CC(=O)N1CCNCC1)C(=O)c1ccc(=O)oc1. The second kappa shape index (κ2) is 6.33. The van der Waals surface area contributed by atoms with Crippen LogP contribution >= 0.6 is 0 Å². The molecule has 1 saturated heterocycles. The summed E-state index contributed by atoms with van der Waals surface area (Å²) in [7, 11) is 1.55. The molecule has 108 valence electrons. The van der Waals surface area contributed by atoms with Gasteiger partial charge in [0.1, 0.15) is 6.26 Å². The van der Waals surface area contributed by atoms with Crippen molar-refractivity contribution in [2.75, 3.05) is 39.8 Å². The van der Waals surface area contributed by atoms with E-state index < -0.39 is 5.63 Å². The molecular formula is C13H17N3O4. The second-order valence-electron chi connectivity index (χ2n) is 4.64. The van der Waals surface area contributed by atoms with Gasteiger partial charge in [-0.3, -0.25) is 9.59 Å². The average Bonchev–Trinajstić information content (AvgIpc) is 2.48. The lowest BCUT2D eigenvalue weighted by Crippen LogP contribution is -2.49. The predicted molar refractivity (Wildman–Crippen MR) is 71.4 cm³/mol. The van der Waals surface area contributed by atoms with Crippen molar-refractivity contribution in [1.82, 2.24) is 15.1 Å². The van der Waals surface area contributed by atoms with Crippen LogP contribution in [-0.2, 0) is 4.79 Å². The molecule has 0 radical (unpaired) electrons. The fourth-order valence-electron chi connectivity index (χ4n) is 1.99. The minimum absolute atomic E-state index is 0.0119. The standard InChI is InChI=1S/C13H17N3O4/c1-15(8-11(17)16-6-4-14-5-7-16)13(19)10-2-3-12(18)20-9-10/h2-3,9,14H,4-8H2,1H3. The van der Waals surface area contributed by atoms with Crippen LogP contribution in [0.1, 0.15) is 10.4 Å². The molecule has 20 heavy (non-hydrogen) atoms. The summed E-state index contributed by atoms with van der Waals surface area (Å²) in [5, 5.41) is 3.16. The third-order valence-electron chi connectivity index (χ3n) is 3.14. The van der Waals surface area contributed by atoms with Crippen molar-refractivity contribution in [2.45, 2.75) is 0 Å². The van der Waals surface area contributed by atoms with Gasteiger partial charge in [0, 0.05) is 39.3 Å². The molecule has 0 aliphatic carbocycles. The summed E-state index contributed by atoms with van der Waals surface area (Å²) >= 11 is 0. The number of carbonyl (C=O) groups is 2. The molecule has 0 atom stereocenters. The van der Waals surface area contributed by atoms with Gasteiger partial charge in [-0.15, -0.1) is 0 Å². The quantitative estimate of drug-likeness (QED) is 0.779. The number of nitrogens with zero attached hydrogens (tertiary/aromatic N) is 2. The number of hydrogen-bond acceptors (Lipinski definition) is 5. The topological polar surface area (TPSA) is 82.9 Å². The first-order valence-corrected chi connectivity index (χ1v) is 6.41. The van der Waals surface area contributed by atoms with Gasteiger partial charge in [-0.1, -0.05) is 0 Å². The van der Waals surface area contributed by atoms with Gasteiger partial charge in [0.2, 0.25) is 5.91 Å². The zero-order chi connectivity index (χ0) is 14.5. The number of rotatable bonds is 3. The van der Waals surface area contributed by atoms with Crippen LogP contribution in [0, 0.1) is 0 Å². The van der Waals surface area contributed by atoms with Crippen molar-refractivity contribution in [1.29, 1.82) is 0 Å². The molecule has 0 bridgehead atoms. The Kier molecular flexibility index (Phi) is 4.52. The monoisotopic (exact) mass is 279 g/mol. The first-order chi connectivity index (χ1) is 9.58. The van der Waals surface area contributed by atoms with Gasteiger partial charge < -0.3 is 19.5 Å². The zero-order valence-electron chi connectivity index (χ0n) is 11.3. The molecule has 2 amide bonds. The number of amides is 2. The van der Waals surface area contributed by atoms with E-state index in [2.05, 4.69) is 9.73 Å². The fourth-order valence-corrected chi connectivity index (χ4v) is 1.99. The van der Waals surface area contributed by atoms with Crippen molar-refractivity contribution in [3.05, 3.63) is 34.4 Å². The molecular weight excluding hydrogens is 262 g/mol. The van der Waals surface area contributed by atoms with Crippen molar-refractivity contribution in [3.63, 3.8) is 0 Å². The van der Waals surface area contributed by atoms with E-state index in [0.717, 1.165) is 19.4 Å². The smallest absolute Gasteiger partial charge is 0.335 e. The minimum atomic E-state index is -0.513. The van der Waals surface area contributed by atoms with Crippen molar-refractivity contribution in [2.24, 2.45) is 0 Å². The summed E-state index contributed by atoms with van der Waals surface area (Å²) in [5.41, 5.74) is -0.263. The number of likely N-dealkylation sites (N-methyl/N-ethyl adjacent to an activating group) is 1. The maximum Gasteiger partial charge on any atom is 0.335 e. The van der Waals surface area contributed by atoms with E-state index in [9.17, 15) is 14.4 Å². The predicted octanol–water partition coefficient (Wildman–Crippen LogP) is -0.856. The summed E-state index contributed by atoms with van der Waals surface area (Å²) in [6.07, 6.45) is 1.11. The molecule has 0 aromatic carbocycles. The molecule has 0 spiro atoms. The van der Waals surface area contributed by atoms with Gasteiger partial charge in [-0.05, 0) is 6.07 Å². The molecule has 7 nitrogen and oxygen atoms in total. The van der Waals surface area contributed by atoms with Gasteiger partial charge >= 0.3 is 5.63 Å². The molecule has 7 heteroatoms. The third-order valence-corrected chi connectivity index (χ3v) is 3.14. The van der Waals surface area contributed by atoms with Crippen molar-refractivity contribution in [3.8, 4) is 0 Å². The van der Waals surface area contributed by atoms with Crippen LogP contribution in [0.15, 0.2) is 27.6 Å². The first kappa shape index (κ1) is 14.3. The molecule has 1 aliphatic rings. The van der Waals surface area contributed by atoms with Crippen molar-refractivity contribution >= 4 is 11.8 Å². The van der Waals surface area contributed by atoms with E-state index in [1.165, 1.54) is 17.0 Å². The molecule has 2 rings (SSSR count). The van der Waals surface area contributed by atoms with Gasteiger partial charge in [-0.2, -0.15) is 0 Å². The van der Waals surface area contributed by atoms with Gasteiger partial charge in [0.15, 0.2) is 0 Å². The zero-order valence-corrected chi connectivity index (χ0v) is 11.3. The maximum atomic E-state index is 12.1. The number of nitrogens with one attached hydrogen (secondary N) is 1. The molecule has 0 saturated carbocycles.